The van der Waals surface area contributed by atoms with Gasteiger partial charge in [0.25, 0.3) is 5.56 Å². The van der Waals surface area contributed by atoms with Gasteiger partial charge >= 0.3 is 0 Å². The lowest BCUT2D eigenvalue weighted by Gasteiger charge is -2.10. The molecule has 0 bridgehead atoms. The number of benzene rings is 1. The van der Waals surface area contributed by atoms with Crippen LogP contribution in [0.5, 0.6) is 5.75 Å². The van der Waals surface area contributed by atoms with E-state index in [0.29, 0.717) is 5.69 Å². The number of aromatic nitrogens is 2. The number of nitriles is 1. The van der Waals surface area contributed by atoms with Crippen molar-refractivity contribution in [1.82, 2.24) is 9.78 Å². The summed E-state index contributed by atoms with van der Waals surface area (Å²) in [5, 5.41) is 13.1. The van der Waals surface area contributed by atoms with Gasteiger partial charge in [-0.2, -0.15) is 10.4 Å². The van der Waals surface area contributed by atoms with Gasteiger partial charge in [-0.3, -0.25) is 4.79 Å². The van der Waals surface area contributed by atoms with E-state index >= 15 is 0 Å². The zero-order chi connectivity index (χ0) is 14.7. The maximum atomic E-state index is 11.6. The molecule has 2 aromatic rings. The Kier molecular flexibility index (Phi) is 3.85. The Bertz CT molecular complexity index is 709. The lowest BCUT2D eigenvalue weighted by atomic mass is 10.1. The van der Waals surface area contributed by atoms with Crippen molar-refractivity contribution in [3.63, 3.8) is 0 Å². The Labute approximate surface area is 117 Å². The molecule has 0 saturated carbocycles. The third-order valence-corrected chi connectivity index (χ3v) is 2.71. The number of nitrogens with zero attached hydrogens (tertiary/aromatic N) is 3. The molecule has 1 heterocycles. The number of hydrogen-bond donors (Lipinski definition) is 0. The summed E-state index contributed by atoms with van der Waals surface area (Å²) < 4.78 is 6.74. The van der Waals surface area contributed by atoms with Gasteiger partial charge in [-0.15, -0.1) is 0 Å². The topological polar surface area (TPSA) is 67.9 Å². The predicted molar refractivity (Wildman–Crippen MR) is 75.4 cm³/mol. The molecule has 0 atom stereocenters. The molecule has 0 saturated heterocycles. The van der Waals surface area contributed by atoms with Crippen molar-refractivity contribution in [2.45, 2.75) is 20.0 Å². The van der Waals surface area contributed by atoms with E-state index in [0.717, 1.165) is 11.3 Å². The second kappa shape index (κ2) is 5.57. The van der Waals surface area contributed by atoms with Crippen molar-refractivity contribution in [1.29, 1.82) is 5.26 Å². The summed E-state index contributed by atoms with van der Waals surface area (Å²) in [6, 6.07) is 10.8. The van der Waals surface area contributed by atoms with Crippen molar-refractivity contribution in [2.24, 2.45) is 7.05 Å². The third kappa shape index (κ3) is 2.86. The lowest BCUT2D eigenvalue weighted by molar-refractivity contribution is 0.242. The molecule has 1 aromatic carbocycles. The number of hydrogen-bond acceptors (Lipinski definition) is 4. The van der Waals surface area contributed by atoms with Crippen LogP contribution in [0, 0.1) is 11.3 Å². The van der Waals surface area contributed by atoms with Crippen LogP contribution in [-0.4, -0.2) is 15.9 Å². The molecule has 0 spiro atoms. The minimum Gasteiger partial charge on any atom is -0.491 e. The predicted octanol–water partition coefficient (Wildman–Crippen LogP) is 2.11. The Morgan fingerprint density at radius 2 is 1.95 bits per heavy atom. The molecule has 2 rings (SSSR count). The highest BCUT2D eigenvalue weighted by molar-refractivity contribution is 5.61. The molecule has 20 heavy (non-hydrogen) atoms. The number of aryl methyl sites for hydroxylation is 1. The second-order valence-corrected chi connectivity index (χ2v) is 4.67. The summed E-state index contributed by atoms with van der Waals surface area (Å²) in [7, 11) is 1.53. The van der Waals surface area contributed by atoms with Crippen LogP contribution in [0.2, 0.25) is 0 Å². The quantitative estimate of drug-likeness (QED) is 0.855. The maximum absolute atomic E-state index is 11.6. The molecule has 1 aromatic heterocycles. The summed E-state index contributed by atoms with van der Waals surface area (Å²) in [5.41, 5.74) is 1.10. The zero-order valence-electron chi connectivity index (χ0n) is 11.6. The van der Waals surface area contributed by atoms with Crippen molar-refractivity contribution < 1.29 is 4.74 Å². The first-order valence-corrected chi connectivity index (χ1v) is 6.27. The van der Waals surface area contributed by atoms with E-state index in [1.165, 1.54) is 17.8 Å². The molecule has 0 amide bonds. The average Bonchev–Trinajstić information content (AvgIpc) is 2.42. The van der Waals surface area contributed by atoms with Crippen molar-refractivity contribution in [3.05, 3.63) is 46.2 Å². The van der Waals surface area contributed by atoms with Crippen molar-refractivity contribution in [3.8, 4) is 23.1 Å². The minimum atomic E-state index is -0.393. The Morgan fingerprint density at radius 3 is 2.50 bits per heavy atom. The highest BCUT2D eigenvalue weighted by Crippen LogP contribution is 2.21. The van der Waals surface area contributed by atoms with Crippen LogP contribution in [0.1, 0.15) is 19.4 Å². The SMILES string of the molecule is CC(C)Oc1ccc(-c2cc(C#N)c(=O)n(C)n2)cc1. The van der Waals surface area contributed by atoms with Crippen LogP contribution in [-0.2, 0) is 7.05 Å². The second-order valence-electron chi connectivity index (χ2n) is 4.67. The van der Waals surface area contributed by atoms with Crippen LogP contribution in [0.3, 0.4) is 0 Å². The van der Waals surface area contributed by atoms with Gasteiger partial charge in [0.05, 0.1) is 11.8 Å². The number of rotatable bonds is 3. The third-order valence-electron chi connectivity index (χ3n) is 2.71. The fraction of sp³-hybridized carbons (Fsp3) is 0.267. The summed E-state index contributed by atoms with van der Waals surface area (Å²) >= 11 is 0. The normalized spacial score (nSPS) is 10.3. The van der Waals surface area contributed by atoms with Crippen LogP contribution >= 0.6 is 0 Å². The molecule has 0 fully saturated rings. The molecule has 5 heteroatoms. The van der Waals surface area contributed by atoms with E-state index in [1.807, 2.05) is 44.2 Å². The van der Waals surface area contributed by atoms with Gasteiger partial charge in [0, 0.05) is 12.6 Å². The smallest absolute Gasteiger partial charge is 0.284 e. The molecular formula is C15H15N3O2. The molecule has 102 valence electrons. The molecule has 0 N–H and O–H groups in total. The molecule has 0 aliphatic rings. The fourth-order valence-corrected chi connectivity index (χ4v) is 1.81. The van der Waals surface area contributed by atoms with Crippen LogP contribution in [0.4, 0.5) is 0 Å². The van der Waals surface area contributed by atoms with Gasteiger partial charge < -0.3 is 4.74 Å². The van der Waals surface area contributed by atoms with Gasteiger partial charge in [0.2, 0.25) is 0 Å². The van der Waals surface area contributed by atoms with Crippen molar-refractivity contribution in [2.75, 3.05) is 0 Å². The summed E-state index contributed by atoms with van der Waals surface area (Å²) in [6.45, 7) is 3.92. The maximum Gasteiger partial charge on any atom is 0.284 e. The Balaban J connectivity index is 2.40. The molecule has 0 unspecified atom stereocenters. The van der Waals surface area contributed by atoms with Gasteiger partial charge in [0.15, 0.2) is 0 Å². The van der Waals surface area contributed by atoms with Gasteiger partial charge in [0.1, 0.15) is 17.4 Å². The van der Waals surface area contributed by atoms with Crippen molar-refractivity contribution >= 4 is 0 Å². The van der Waals surface area contributed by atoms with Crippen LogP contribution in [0.15, 0.2) is 35.1 Å². The highest BCUT2D eigenvalue weighted by Gasteiger charge is 2.08. The van der Waals surface area contributed by atoms with E-state index in [-0.39, 0.29) is 11.7 Å². The summed E-state index contributed by atoms with van der Waals surface area (Å²) in [6.07, 6.45) is 0.113. The first-order valence-electron chi connectivity index (χ1n) is 6.27. The number of ether oxygens (including phenoxy) is 1. The zero-order valence-corrected chi connectivity index (χ0v) is 11.6. The van der Waals surface area contributed by atoms with E-state index in [9.17, 15) is 4.79 Å². The Morgan fingerprint density at radius 1 is 1.30 bits per heavy atom. The monoisotopic (exact) mass is 269 g/mol. The molecular weight excluding hydrogens is 254 g/mol. The standard InChI is InChI=1S/C15H15N3O2/c1-10(2)20-13-6-4-11(5-7-13)14-8-12(9-16)15(19)18(3)17-14/h4-8,10H,1-3H3. The fourth-order valence-electron chi connectivity index (χ4n) is 1.81. The van der Waals surface area contributed by atoms with Gasteiger partial charge in [-0.25, -0.2) is 4.68 Å². The Hall–Kier alpha value is -2.61. The van der Waals surface area contributed by atoms with E-state index in [2.05, 4.69) is 5.10 Å². The van der Waals surface area contributed by atoms with E-state index in [4.69, 9.17) is 10.00 Å². The van der Waals surface area contributed by atoms with Gasteiger partial charge in [-0.1, -0.05) is 0 Å². The minimum absolute atomic E-state index is 0.0833. The first-order chi connectivity index (χ1) is 9.51. The van der Waals surface area contributed by atoms with Crippen LogP contribution < -0.4 is 10.3 Å². The molecule has 5 nitrogen and oxygen atoms in total. The van der Waals surface area contributed by atoms with Gasteiger partial charge in [-0.05, 0) is 44.2 Å². The average molecular weight is 269 g/mol. The lowest BCUT2D eigenvalue weighted by Crippen LogP contribution is -2.22. The van der Waals surface area contributed by atoms with E-state index in [1.54, 1.807) is 0 Å². The largest absolute Gasteiger partial charge is 0.491 e. The van der Waals surface area contributed by atoms with Crippen LogP contribution in [0.25, 0.3) is 11.3 Å². The molecule has 0 radical (unpaired) electrons. The van der Waals surface area contributed by atoms with E-state index < -0.39 is 5.56 Å². The highest BCUT2D eigenvalue weighted by atomic mass is 16.5. The first kappa shape index (κ1) is 13.8. The summed E-state index contributed by atoms with van der Waals surface area (Å²) in [5.74, 6) is 0.772. The summed E-state index contributed by atoms with van der Waals surface area (Å²) in [4.78, 5) is 11.6. The molecule has 0 aliphatic heterocycles. The molecule has 0 aliphatic carbocycles.